The van der Waals surface area contributed by atoms with E-state index in [0.717, 1.165) is 0 Å². The van der Waals surface area contributed by atoms with Gasteiger partial charge in [0.15, 0.2) is 12.0 Å². The molecule has 1 N–H and O–H groups in total. The normalized spacial score (nSPS) is 20.7. The topological polar surface area (TPSA) is 97.6 Å². The molecule has 1 saturated heterocycles. The zero-order valence-electron chi connectivity index (χ0n) is 16.0. The number of aromatic nitrogens is 2. The zero-order chi connectivity index (χ0) is 19.9. The molecule has 1 aliphatic heterocycles. The molecular weight excluding hydrogens is 372 g/mol. The molecule has 2 atom stereocenters. The van der Waals surface area contributed by atoms with Crippen LogP contribution in [0.1, 0.15) is 55.6 Å². The lowest BCUT2D eigenvalue weighted by atomic mass is 10.1. The minimum Gasteiger partial charge on any atom is -0.372 e. The maximum atomic E-state index is 12.5. The fourth-order valence-electron chi connectivity index (χ4n) is 3.22. The van der Waals surface area contributed by atoms with Crippen molar-refractivity contribution in [3.63, 3.8) is 0 Å². The summed E-state index contributed by atoms with van der Waals surface area (Å²) in [6.07, 6.45) is 0.579. The number of nitrogens with zero attached hydrogens (tertiary/aromatic N) is 3. The third-order valence-corrected chi connectivity index (χ3v) is 4.45. The van der Waals surface area contributed by atoms with Crippen molar-refractivity contribution in [1.82, 2.24) is 15.5 Å². The lowest BCUT2D eigenvalue weighted by Crippen LogP contribution is -2.46. The highest BCUT2D eigenvalue weighted by Crippen LogP contribution is 2.37. The summed E-state index contributed by atoms with van der Waals surface area (Å²) in [5.41, 5.74) is 0.506. The highest BCUT2D eigenvalue weighted by Gasteiger charge is 2.31. The van der Waals surface area contributed by atoms with E-state index in [1.165, 1.54) is 0 Å². The van der Waals surface area contributed by atoms with Crippen molar-refractivity contribution < 1.29 is 18.8 Å². The first kappa shape index (κ1) is 19.6. The largest absolute Gasteiger partial charge is 0.372 e. The van der Waals surface area contributed by atoms with E-state index >= 15 is 0 Å². The van der Waals surface area contributed by atoms with Gasteiger partial charge in [-0.05, 0) is 34.6 Å². The molecule has 3 heterocycles. The van der Waals surface area contributed by atoms with Crippen LogP contribution in [-0.2, 0) is 4.74 Å². The number of ether oxygens (including phenoxy) is 1. The maximum absolute atomic E-state index is 12.5. The molecular formula is C18H23ClN4O4. The summed E-state index contributed by atoms with van der Waals surface area (Å²) < 4.78 is 11.1. The fourth-order valence-corrected chi connectivity index (χ4v) is 3.56. The minimum absolute atomic E-state index is 0.000175. The Morgan fingerprint density at radius 1 is 1.30 bits per heavy atom. The van der Waals surface area contributed by atoms with Gasteiger partial charge in [-0.2, -0.15) is 0 Å². The van der Waals surface area contributed by atoms with Crippen molar-refractivity contribution in [2.75, 3.05) is 18.0 Å². The van der Waals surface area contributed by atoms with E-state index in [2.05, 4.69) is 15.5 Å². The van der Waals surface area contributed by atoms with Crippen molar-refractivity contribution in [3.05, 3.63) is 16.4 Å². The number of hydrogen-bond donors (Lipinski definition) is 1. The van der Waals surface area contributed by atoms with Gasteiger partial charge in [0.25, 0.3) is 5.91 Å². The van der Waals surface area contributed by atoms with Crippen molar-refractivity contribution in [2.45, 2.75) is 52.4 Å². The van der Waals surface area contributed by atoms with Crippen molar-refractivity contribution in [1.29, 1.82) is 0 Å². The number of carbonyl (C=O) groups is 2. The molecule has 9 heteroatoms. The molecule has 2 aromatic heterocycles. The number of morpholine rings is 1. The molecule has 146 valence electrons. The smallest absolute Gasteiger partial charge is 0.276 e. The minimum atomic E-state index is -0.459. The Morgan fingerprint density at radius 3 is 2.48 bits per heavy atom. The second-order valence-corrected chi connectivity index (χ2v) is 8.23. The standard InChI is InChI=1S/C18H23ClN4O4/c1-9-6-23(7-10(2)26-9)15-11(8-24)20-13-14(17(25)21-18(3,4)5)22-27-16(13)12(15)19/h8-10H,6-7H2,1-5H3,(H,21,25)/t9-,10+. The van der Waals surface area contributed by atoms with Crippen LogP contribution in [0.2, 0.25) is 5.02 Å². The molecule has 27 heavy (non-hydrogen) atoms. The Hall–Kier alpha value is -2.19. The molecule has 0 saturated carbocycles. The van der Waals surface area contributed by atoms with Crippen molar-refractivity contribution in [2.24, 2.45) is 0 Å². The summed E-state index contributed by atoms with van der Waals surface area (Å²) in [7, 11) is 0. The number of pyridine rings is 1. The molecule has 0 aliphatic carbocycles. The Kier molecular flexibility index (Phi) is 5.14. The fraction of sp³-hybridized carbons (Fsp3) is 0.556. The monoisotopic (exact) mass is 394 g/mol. The Morgan fingerprint density at radius 2 is 1.93 bits per heavy atom. The molecule has 0 spiro atoms. The predicted molar refractivity (Wildman–Crippen MR) is 102 cm³/mol. The van der Waals surface area contributed by atoms with Crippen LogP contribution in [0.5, 0.6) is 0 Å². The highest BCUT2D eigenvalue weighted by atomic mass is 35.5. The van der Waals surface area contributed by atoms with Gasteiger partial charge in [-0.3, -0.25) is 9.59 Å². The number of aldehydes is 1. The molecule has 0 bridgehead atoms. The molecule has 1 aliphatic rings. The van der Waals surface area contributed by atoms with Gasteiger partial charge in [-0.25, -0.2) is 4.98 Å². The van der Waals surface area contributed by atoms with Crippen LogP contribution in [0.3, 0.4) is 0 Å². The lowest BCUT2D eigenvalue weighted by Gasteiger charge is -2.37. The van der Waals surface area contributed by atoms with Crippen LogP contribution >= 0.6 is 11.6 Å². The molecule has 0 aromatic carbocycles. The van der Waals surface area contributed by atoms with Gasteiger partial charge in [0.1, 0.15) is 16.2 Å². The number of hydrogen-bond acceptors (Lipinski definition) is 7. The van der Waals surface area contributed by atoms with Gasteiger partial charge in [0.05, 0.1) is 17.9 Å². The molecule has 2 aromatic rings. The molecule has 3 rings (SSSR count). The van der Waals surface area contributed by atoms with E-state index in [9.17, 15) is 9.59 Å². The summed E-state index contributed by atoms with van der Waals surface area (Å²) >= 11 is 6.56. The number of halogens is 1. The quantitative estimate of drug-likeness (QED) is 0.799. The first-order chi connectivity index (χ1) is 12.6. The maximum Gasteiger partial charge on any atom is 0.276 e. The van der Waals surface area contributed by atoms with Crippen LogP contribution in [0, 0.1) is 0 Å². The van der Waals surface area contributed by atoms with E-state index in [-0.39, 0.29) is 39.7 Å². The Balaban J connectivity index is 2.09. The number of anilines is 1. The van der Waals surface area contributed by atoms with Crippen LogP contribution in [0.4, 0.5) is 5.69 Å². The van der Waals surface area contributed by atoms with E-state index in [1.54, 1.807) is 0 Å². The highest BCUT2D eigenvalue weighted by molar-refractivity contribution is 6.38. The predicted octanol–water partition coefficient (Wildman–Crippen LogP) is 2.83. The van der Waals surface area contributed by atoms with Crippen molar-refractivity contribution >= 4 is 40.6 Å². The third kappa shape index (κ3) is 3.91. The zero-order valence-corrected chi connectivity index (χ0v) is 16.8. The van der Waals surface area contributed by atoms with Gasteiger partial charge >= 0.3 is 0 Å². The summed E-state index contributed by atoms with van der Waals surface area (Å²) in [4.78, 5) is 30.5. The molecule has 0 radical (unpaired) electrons. The summed E-state index contributed by atoms with van der Waals surface area (Å²) in [5, 5.41) is 6.85. The van der Waals surface area contributed by atoms with Crippen molar-refractivity contribution in [3.8, 4) is 0 Å². The summed E-state index contributed by atoms with van der Waals surface area (Å²) in [5.74, 6) is -0.442. The van der Waals surface area contributed by atoms with E-state index in [1.807, 2.05) is 39.5 Å². The second-order valence-electron chi connectivity index (χ2n) is 7.85. The van der Waals surface area contributed by atoms with Gasteiger partial charge < -0.3 is 19.5 Å². The third-order valence-electron chi connectivity index (χ3n) is 4.10. The number of carbonyl (C=O) groups excluding carboxylic acids is 2. The van der Waals surface area contributed by atoms with Crippen LogP contribution in [0.15, 0.2) is 4.52 Å². The molecule has 8 nitrogen and oxygen atoms in total. The van der Waals surface area contributed by atoms with Gasteiger partial charge in [0.2, 0.25) is 5.58 Å². The first-order valence-electron chi connectivity index (χ1n) is 8.77. The average Bonchev–Trinajstić information content (AvgIpc) is 2.96. The summed E-state index contributed by atoms with van der Waals surface area (Å²) in [6, 6.07) is 0. The van der Waals surface area contributed by atoms with Crippen LogP contribution < -0.4 is 10.2 Å². The van der Waals surface area contributed by atoms with Gasteiger partial charge in [0, 0.05) is 18.6 Å². The first-order valence-corrected chi connectivity index (χ1v) is 9.15. The second kappa shape index (κ2) is 7.09. The summed E-state index contributed by atoms with van der Waals surface area (Å²) in [6.45, 7) is 10.6. The Bertz CT molecular complexity index is 880. The van der Waals surface area contributed by atoms with E-state index in [0.29, 0.717) is 25.1 Å². The van der Waals surface area contributed by atoms with Gasteiger partial charge in [-0.1, -0.05) is 16.8 Å². The number of nitrogens with one attached hydrogen (secondary N) is 1. The SMILES string of the molecule is C[C@@H]1CN(c2c(C=O)nc3c(C(=O)NC(C)(C)C)noc3c2Cl)C[C@H](C)O1. The molecule has 0 unspecified atom stereocenters. The number of fused-ring (bicyclic) bond motifs is 1. The number of rotatable bonds is 3. The lowest BCUT2D eigenvalue weighted by molar-refractivity contribution is -0.00526. The average molecular weight is 395 g/mol. The van der Waals surface area contributed by atoms with E-state index < -0.39 is 11.4 Å². The molecule has 1 amide bonds. The number of amides is 1. The molecule has 1 fully saturated rings. The van der Waals surface area contributed by atoms with Crippen LogP contribution in [-0.4, -0.2) is 53.2 Å². The van der Waals surface area contributed by atoms with Crippen LogP contribution in [0.25, 0.3) is 11.1 Å². The van der Waals surface area contributed by atoms with E-state index in [4.69, 9.17) is 20.9 Å². The van der Waals surface area contributed by atoms with Gasteiger partial charge in [-0.15, -0.1) is 0 Å². The Labute approximate surface area is 162 Å².